The molecule has 1 aromatic heterocycles. The highest BCUT2D eigenvalue weighted by Crippen LogP contribution is 2.41. The third-order valence-corrected chi connectivity index (χ3v) is 7.14. The number of nitrogens with one attached hydrogen (secondary N) is 1. The highest BCUT2D eigenvalue weighted by Gasteiger charge is 2.44. The number of anilines is 1. The number of nitrogens with zero attached hydrogens (tertiary/aromatic N) is 4. The van der Waals surface area contributed by atoms with Crippen LogP contribution in [0, 0.1) is 11.8 Å². The lowest BCUT2D eigenvalue weighted by Gasteiger charge is -2.27. The first-order chi connectivity index (χ1) is 15.4. The van der Waals surface area contributed by atoms with E-state index in [1.54, 1.807) is 11.0 Å². The van der Waals surface area contributed by atoms with Crippen LogP contribution in [0.1, 0.15) is 24.0 Å². The first-order valence-electron chi connectivity index (χ1n) is 10.7. The Morgan fingerprint density at radius 1 is 1.27 bits per heavy atom. The standard InChI is InChI=1S/C22H28F3N5O2S/c1-28(11-15-6-4-5-7-20(15)22(23,24)25)19-8-16-12-29(13-17(16)9-19)21(31)30-14-18(10-26-30)27-33(2,3)32/h4-7,10,14,16-17,19H,2,8-9,11-13H2,1,3H3,(H,27,32)/t16-,17+,19?,33?. The summed E-state index contributed by atoms with van der Waals surface area (Å²) in [6, 6.07) is 5.64. The summed E-state index contributed by atoms with van der Waals surface area (Å²) in [5.41, 5.74) is 0.159. The lowest BCUT2D eigenvalue weighted by atomic mass is 10.0. The molecule has 1 aromatic carbocycles. The fourth-order valence-electron chi connectivity index (χ4n) is 4.99. The molecule has 7 nitrogen and oxygen atoms in total. The number of fused-ring (bicyclic) bond motifs is 1. The van der Waals surface area contributed by atoms with Gasteiger partial charge in [0.2, 0.25) is 0 Å². The van der Waals surface area contributed by atoms with Crippen LogP contribution in [0.25, 0.3) is 0 Å². The van der Waals surface area contributed by atoms with Crippen LogP contribution in [0.3, 0.4) is 0 Å². The molecule has 2 aliphatic rings. The third-order valence-electron chi connectivity index (χ3n) is 6.47. The fraction of sp³-hybridized carbons (Fsp3) is 0.500. The van der Waals surface area contributed by atoms with E-state index in [2.05, 4.69) is 15.7 Å². The van der Waals surface area contributed by atoms with Crippen LogP contribution < -0.4 is 4.72 Å². The maximum Gasteiger partial charge on any atom is 0.416 e. The molecule has 2 fully saturated rings. The van der Waals surface area contributed by atoms with Crippen molar-refractivity contribution >= 4 is 27.3 Å². The van der Waals surface area contributed by atoms with Gasteiger partial charge in [-0.15, -0.1) is 0 Å². The molecule has 1 amide bonds. The van der Waals surface area contributed by atoms with Crippen LogP contribution in [-0.2, 0) is 22.4 Å². The topological polar surface area (TPSA) is 70.5 Å². The Labute approximate surface area is 191 Å². The van der Waals surface area contributed by atoms with Gasteiger partial charge in [-0.3, -0.25) is 4.90 Å². The van der Waals surface area contributed by atoms with Gasteiger partial charge in [0.15, 0.2) is 0 Å². The molecule has 1 saturated heterocycles. The Balaban J connectivity index is 1.35. The summed E-state index contributed by atoms with van der Waals surface area (Å²) in [6.07, 6.45) is 1.71. The number of likely N-dealkylation sites (tertiary alicyclic amines) is 1. The molecule has 4 atom stereocenters. The summed E-state index contributed by atoms with van der Waals surface area (Å²) in [5, 5.41) is 4.07. The van der Waals surface area contributed by atoms with Crippen molar-refractivity contribution in [1.29, 1.82) is 0 Å². The molecule has 0 bridgehead atoms. The van der Waals surface area contributed by atoms with E-state index in [1.165, 1.54) is 35.5 Å². The van der Waals surface area contributed by atoms with E-state index in [4.69, 9.17) is 0 Å². The fourth-order valence-corrected chi connectivity index (χ4v) is 5.59. The monoisotopic (exact) mass is 483 g/mol. The number of hydrogen-bond donors (Lipinski definition) is 1. The van der Waals surface area contributed by atoms with Crippen molar-refractivity contribution in [3.63, 3.8) is 0 Å². The lowest BCUT2D eigenvalue weighted by molar-refractivity contribution is -0.138. The average Bonchev–Trinajstić information content (AvgIpc) is 3.40. The van der Waals surface area contributed by atoms with Crippen LogP contribution in [0.15, 0.2) is 36.7 Å². The summed E-state index contributed by atoms with van der Waals surface area (Å²) in [6.45, 7) is 1.42. The van der Waals surface area contributed by atoms with Crippen molar-refractivity contribution in [2.24, 2.45) is 11.8 Å². The van der Waals surface area contributed by atoms with E-state index in [9.17, 15) is 22.2 Å². The van der Waals surface area contributed by atoms with E-state index >= 15 is 0 Å². The largest absolute Gasteiger partial charge is 0.416 e. The SMILES string of the molecule is C=S(C)(=O)Nc1cnn(C(=O)N2C[C@H]3CC(N(C)Cc4ccccc4C(F)(F)F)C[C@H]3C2)c1. The molecular weight excluding hydrogens is 455 g/mol. The van der Waals surface area contributed by atoms with Crippen molar-refractivity contribution < 1.29 is 22.2 Å². The van der Waals surface area contributed by atoms with Gasteiger partial charge in [-0.2, -0.15) is 23.0 Å². The second kappa shape index (κ2) is 8.68. The average molecular weight is 484 g/mol. The molecule has 2 aromatic rings. The van der Waals surface area contributed by atoms with Gasteiger partial charge in [-0.25, -0.2) is 9.00 Å². The predicted octanol–water partition coefficient (Wildman–Crippen LogP) is 3.39. The van der Waals surface area contributed by atoms with Crippen LogP contribution in [0.5, 0.6) is 0 Å². The molecule has 180 valence electrons. The second-order valence-electron chi connectivity index (χ2n) is 9.18. The number of halogens is 3. The number of rotatable bonds is 5. The van der Waals surface area contributed by atoms with Crippen LogP contribution in [-0.4, -0.2) is 68.1 Å². The van der Waals surface area contributed by atoms with Crippen LogP contribution >= 0.6 is 0 Å². The van der Waals surface area contributed by atoms with Gasteiger partial charge in [0.1, 0.15) is 0 Å². The normalized spacial score (nSPS) is 24.7. The van der Waals surface area contributed by atoms with E-state index in [-0.39, 0.29) is 24.2 Å². The van der Waals surface area contributed by atoms with Crippen LogP contribution in [0.2, 0.25) is 0 Å². The van der Waals surface area contributed by atoms with E-state index in [0.29, 0.717) is 30.6 Å². The number of alkyl halides is 3. The van der Waals surface area contributed by atoms with Gasteiger partial charge >= 0.3 is 12.2 Å². The van der Waals surface area contributed by atoms with Gasteiger partial charge in [0.25, 0.3) is 0 Å². The second-order valence-corrected chi connectivity index (χ2v) is 11.4. The summed E-state index contributed by atoms with van der Waals surface area (Å²) < 4.78 is 55.7. The Kier molecular flexibility index (Phi) is 6.21. The van der Waals surface area contributed by atoms with Gasteiger partial charge in [0, 0.05) is 41.6 Å². The zero-order valence-electron chi connectivity index (χ0n) is 18.6. The molecule has 33 heavy (non-hydrogen) atoms. The molecule has 11 heteroatoms. The number of carbonyl (C=O) groups is 1. The zero-order chi connectivity index (χ0) is 24.0. The maximum atomic E-state index is 13.3. The number of benzene rings is 1. The number of hydrogen-bond acceptors (Lipinski definition) is 4. The van der Waals surface area contributed by atoms with Gasteiger partial charge in [0.05, 0.1) is 23.6 Å². The predicted molar refractivity (Wildman–Crippen MR) is 122 cm³/mol. The smallest absolute Gasteiger partial charge is 0.322 e. The molecule has 4 rings (SSSR count). The molecule has 1 aliphatic heterocycles. The Hall–Kier alpha value is -2.53. The first-order valence-corrected chi connectivity index (χ1v) is 12.8. The molecule has 0 radical (unpaired) electrons. The van der Waals surface area contributed by atoms with Gasteiger partial charge < -0.3 is 9.62 Å². The third kappa shape index (κ3) is 5.35. The molecule has 2 heterocycles. The summed E-state index contributed by atoms with van der Waals surface area (Å²) in [7, 11) is -0.595. The van der Waals surface area contributed by atoms with E-state index < -0.39 is 21.4 Å². The molecule has 2 unspecified atom stereocenters. The first kappa shape index (κ1) is 23.6. The number of amides is 1. The minimum atomic E-state index is -4.37. The summed E-state index contributed by atoms with van der Waals surface area (Å²) >= 11 is 0. The summed E-state index contributed by atoms with van der Waals surface area (Å²) in [5.74, 6) is 4.14. The summed E-state index contributed by atoms with van der Waals surface area (Å²) in [4.78, 5) is 16.6. The van der Waals surface area contributed by atoms with Crippen molar-refractivity contribution in [3.05, 3.63) is 47.8 Å². The van der Waals surface area contributed by atoms with Crippen molar-refractivity contribution in [3.8, 4) is 0 Å². The maximum absolute atomic E-state index is 13.3. The number of carbonyl (C=O) groups excluding carboxylic acids is 1. The van der Waals surface area contributed by atoms with Crippen molar-refractivity contribution in [2.75, 3.05) is 31.1 Å². The Morgan fingerprint density at radius 3 is 2.52 bits per heavy atom. The Morgan fingerprint density at radius 2 is 1.91 bits per heavy atom. The zero-order valence-corrected chi connectivity index (χ0v) is 19.4. The highest BCUT2D eigenvalue weighted by atomic mass is 32.2. The van der Waals surface area contributed by atoms with E-state index in [1.807, 2.05) is 11.9 Å². The molecular formula is C22H28F3N5O2S. The highest BCUT2D eigenvalue weighted by molar-refractivity contribution is 8.00. The Bertz CT molecular complexity index is 1120. The number of aromatic nitrogens is 2. The van der Waals surface area contributed by atoms with E-state index in [0.717, 1.165) is 18.9 Å². The van der Waals surface area contributed by atoms with Gasteiger partial charge in [-0.05, 0) is 49.2 Å². The van der Waals surface area contributed by atoms with Crippen molar-refractivity contribution in [1.82, 2.24) is 19.6 Å². The molecule has 1 aliphatic carbocycles. The van der Waals surface area contributed by atoms with Crippen molar-refractivity contribution in [2.45, 2.75) is 31.6 Å². The minimum Gasteiger partial charge on any atom is -0.322 e. The minimum absolute atomic E-state index is 0.175. The van der Waals surface area contributed by atoms with Crippen LogP contribution in [0.4, 0.5) is 23.7 Å². The molecule has 0 spiro atoms. The quantitative estimate of drug-likeness (QED) is 0.662. The molecule has 1 saturated carbocycles. The molecule has 1 N–H and O–H groups in total. The van der Waals surface area contributed by atoms with Gasteiger partial charge in [-0.1, -0.05) is 18.2 Å². The lowest BCUT2D eigenvalue weighted by Crippen LogP contribution is -2.36.